The molecule has 0 amide bonds. The highest BCUT2D eigenvalue weighted by molar-refractivity contribution is 7.29. The number of carbonyl (C=O) groups excluding carboxylic acids is 5. The van der Waals surface area contributed by atoms with Crippen molar-refractivity contribution >= 4 is 74.3 Å². The van der Waals surface area contributed by atoms with E-state index in [1.807, 2.05) is 0 Å². The number of nitrogens with zero attached hydrogens (tertiary/aromatic N) is 2. The molecular formula is C45H50F4N2O5S4. The molecule has 0 saturated heterocycles. The molecule has 322 valence electrons. The molecule has 3 aliphatic rings. The number of carbonyl (C=O) groups is 5. The van der Waals surface area contributed by atoms with E-state index < -0.39 is 40.8 Å². The SMILES string of the molecule is CCCCCCCCCCCCc1c(-c2nc3c(s2)-c2sc(-c4sc5c(c4CCCCCCCCCCCC)C(=O)C(F)(F)C5=O)nc2C3=O)sc2c1C(=O)C(F)(F)C2=O. The minimum atomic E-state index is -4.11. The highest BCUT2D eigenvalue weighted by Crippen LogP contribution is 2.54. The first-order chi connectivity index (χ1) is 28.8. The number of alkyl halides is 4. The molecule has 0 radical (unpaired) electrons. The summed E-state index contributed by atoms with van der Waals surface area (Å²) in [6.45, 7) is 4.37. The lowest BCUT2D eigenvalue weighted by molar-refractivity contribution is 0.0187. The standard InChI is InChI=1S/C45H50F4N2O5S4/c1-3-5-7-9-11-13-15-17-19-21-23-25-27-34(40(55)44(46,47)38(27)53)57-32(25)42-50-29-31(52)30-37(36(29)59-42)60-43(51-30)33-26(24-22-20-18-16-14-12-10-8-6-4-2)28-35(58-33)41(56)45(48,49)39(28)54/h3-24H2,1-2H3. The van der Waals surface area contributed by atoms with E-state index in [0.29, 0.717) is 66.3 Å². The quantitative estimate of drug-likeness (QED) is 0.0344. The van der Waals surface area contributed by atoms with Crippen molar-refractivity contribution in [2.24, 2.45) is 0 Å². The first-order valence-corrected chi connectivity index (χ1v) is 24.9. The first-order valence-electron chi connectivity index (χ1n) is 21.7. The molecule has 0 saturated carbocycles. The Morgan fingerprint density at radius 2 is 0.717 bits per heavy atom. The Bertz CT molecular complexity index is 2140. The zero-order chi connectivity index (χ0) is 42.8. The maximum Gasteiger partial charge on any atom is 0.372 e. The van der Waals surface area contributed by atoms with E-state index in [0.717, 1.165) is 96.7 Å². The van der Waals surface area contributed by atoms with Crippen LogP contribution in [-0.4, -0.2) is 50.7 Å². The van der Waals surface area contributed by atoms with E-state index in [1.54, 1.807) is 0 Å². The molecule has 3 aliphatic carbocycles. The third-order valence-corrected chi connectivity index (χ3v) is 16.9. The van der Waals surface area contributed by atoms with Gasteiger partial charge in [0.15, 0.2) is 0 Å². The monoisotopic (exact) mass is 902 g/mol. The predicted octanol–water partition coefficient (Wildman–Crippen LogP) is 14.2. The fraction of sp³-hybridized carbons (Fsp3) is 0.578. The largest absolute Gasteiger partial charge is 0.372 e. The van der Waals surface area contributed by atoms with Gasteiger partial charge in [-0.3, -0.25) is 24.0 Å². The van der Waals surface area contributed by atoms with E-state index in [1.165, 1.54) is 64.2 Å². The van der Waals surface area contributed by atoms with Crippen molar-refractivity contribution in [2.45, 2.75) is 167 Å². The van der Waals surface area contributed by atoms with Crippen LogP contribution in [0.4, 0.5) is 17.6 Å². The van der Waals surface area contributed by atoms with E-state index >= 15 is 0 Å². The number of thiophene rings is 2. The van der Waals surface area contributed by atoms with Crippen LogP contribution in [0.25, 0.3) is 29.5 Å². The lowest BCUT2D eigenvalue weighted by atomic mass is 9.99. The number of halogens is 4. The highest BCUT2D eigenvalue weighted by Gasteiger charge is 2.59. The van der Waals surface area contributed by atoms with Crippen LogP contribution in [0.2, 0.25) is 0 Å². The van der Waals surface area contributed by atoms with Crippen LogP contribution < -0.4 is 0 Å². The van der Waals surface area contributed by atoms with Crippen LogP contribution >= 0.6 is 45.3 Å². The Morgan fingerprint density at radius 3 is 1.05 bits per heavy atom. The molecule has 60 heavy (non-hydrogen) atoms. The van der Waals surface area contributed by atoms with Crippen molar-refractivity contribution in [3.63, 3.8) is 0 Å². The van der Waals surface area contributed by atoms with E-state index in [-0.39, 0.29) is 32.3 Å². The molecule has 7 rings (SSSR count). The van der Waals surface area contributed by atoms with Crippen LogP contribution in [0, 0.1) is 0 Å². The number of Topliss-reactive ketones (excluding diaryl/α,β-unsaturated/α-hetero) is 4. The van der Waals surface area contributed by atoms with Gasteiger partial charge in [0.1, 0.15) is 21.4 Å². The van der Waals surface area contributed by atoms with E-state index in [9.17, 15) is 41.5 Å². The molecule has 0 atom stereocenters. The lowest BCUT2D eigenvalue weighted by Crippen LogP contribution is -2.30. The maximum atomic E-state index is 14.7. The molecule has 0 fully saturated rings. The van der Waals surface area contributed by atoms with Crippen molar-refractivity contribution in [1.82, 2.24) is 9.97 Å². The van der Waals surface area contributed by atoms with Crippen molar-refractivity contribution in [1.29, 1.82) is 0 Å². The van der Waals surface area contributed by atoms with Crippen LogP contribution in [0.1, 0.15) is 210 Å². The molecular weight excluding hydrogens is 853 g/mol. The summed E-state index contributed by atoms with van der Waals surface area (Å²) < 4.78 is 58.8. The Kier molecular flexibility index (Phi) is 14.2. The predicted molar refractivity (Wildman–Crippen MR) is 232 cm³/mol. The van der Waals surface area contributed by atoms with Crippen LogP contribution in [0.5, 0.6) is 0 Å². The number of hydrogen-bond acceptors (Lipinski definition) is 11. The average molecular weight is 903 g/mol. The molecule has 4 aromatic heterocycles. The van der Waals surface area contributed by atoms with Crippen molar-refractivity contribution in [2.75, 3.05) is 0 Å². The molecule has 7 nitrogen and oxygen atoms in total. The van der Waals surface area contributed by atoms with Gasteiger partial charge in [-0.25, -0.2) is 9.97 Å². The van der Waals surface area contributed by atoms with Gasteiger partial charge in [0, 0.05) is 0 Å². The summed E-state index contributed by atoms with van der Waals surface area (Å²) >= 11 is 3.95. The number of unbranched alkanes of at least 4 members (excludes halogenated alkanes) is 18. The fourth-order valence-electron chi connectivity index (χ4n) is 8.50. The Balaban J connectivity index is 1.11. The minimum Gasteiger partial charge on any atom is -0.287 e. The number of aromatic nitrogens is 2. The van der Waals surface area contributed by atoms with Crippen molar-refractivity contribution < 1.29 is 41.5 Å². The number of rotatable bonds is 24. The second-order valence-electron chi connectivity index (χ2n) is 16.3. The van der Waals surface area contributed by atoms with Gasteiger partial charge in [0.25, 0.3) is 11.6 Å². The molecule has 0 aromatic carbocycles. The number of ketones is 5. The Hall–Kier alpha value is -3.27. The van der Waals surface area contributed by atoms with Gasteiger partial charge in [0.2, 0.25) is 17.3 Å². The summed E-state index contributed by atoms with van der Waals surface area (Å²) in [5, 5.41) is 0.684. The second-order valence-corrected chi connectivity index (χ2v) is 20.3. The smallest absolute Gasteiger partial charge is 0.287 e. The molecule has 15 heteroatoms. The summed E-state index contributed by atoms with van der Waals surface area (Å²) in [7, 11) is 0. The molecule has 0 aliphatic heterocycles. The molecule has 4 aromatic rings. The Labute approximate surface area is 363 Å². The topological polar surface area (TPSA) is 111 Å². The van der Waals surface area contributed by atoms with Gasteiger partial charge in [-0.2, -0.15) is 17.6 Å². The summed E-state index contributed by atoms with van der Waals surface area (Å²) in [5.41, 5.74) is 0.511. The first kappa shape index (κ1) is 44.8. The van der Waals surface area contributed by atoms with Crippen molar-refractivity contribution in [3.05, 3.63) is 43.4 Å². The molecule has 0 N–H and O–H groups in total. The van der Waals surface area contributed by atoms with Gasteiger partial charge >= 0.3 is 11.8 Å². The third kappa shape index (κ3) is 8.45. The van der Waals surface area contributed by atoms with Gasteiger partial charge in [0.05, 0.1) is 40.4 Å². The van der Waals surface area contributed by atoms with E-state index in [2.05, 4.69) is 23.8 Å². The maximum absolute atomic E-state index is 14.7. The van der Waals surface area contributed by atoms with Crippen LogP contribution in [0.3, 0.4) is 0 Å². The Morgan fingerprint density at radius 1 is 0.400 bits per heavy atom. The molecule has 0 bridgehead atoms. The van der Waals surface area contributed by atoms with Crippen LogP contribution in [-0.2, 0) is 12.8 Å². The zero-order valence-electron chi connectivity index (χ0n) is 34.1. The molecule has 0 spiro atoms. The number of fused-ring (bicyclic) bond motifs is 5. The van der Waals surface area contributed by atoms with Gasteiger partial charge in [-0.15, -0.1) is 45.3 Å². The van der Waals surface area contributed by atoms with Crippen LogP contribution in [0.15, 0.2) is 0 Å². The van der Waals surface area contributed by atoms with Crippen molar-refractivity contribution in [3.8, 4) is 29.5 Å². The summed E-state index contributed by atoms with van der Waals surface area (Å²) in [6, 6.07) is 0. The minimum absolute atomic E-state index is 0.126. The number of thiazole rings is 2. The average Bonchev–Trinajstić information content (AvgIpc) is 4.08. The summed E-state index contributed by atoms with van der Waals surface area (Å²) in [5.74, 6) is -14.7. The summed E-state index contributed by atoms with van der Waals surface area (Å²) in [6.07, 6.45) is 22.0. The van der Waals surface area contributed by atoms with Gasteiger partial charge in [-0.1, -0.05) is 129 Å². The molecule has 4 heterocycles. The number of hydrogen-bond donors (Lipinski definition) is 0. The van der Waals surface area contributed by atoms with E-state index in [4.69, 9.17) is 0 Å². The lowest BCUT2D eigenvalue weighted by Gasteiger charge is -2.08. The zero-order valence-corrected chi connectivity index (χ0v) is 37.4. The summed E-state index contributed by atoms with van der Waals surface area (Å²) in [4.78, 5) is 75.8. The fourth-order valence-corrected chi connectivity index (χ4v) is 13.6. The highest BCUT2D eigenvalue weighted by atomic mass is 32.1. The second kappa shape index (κ2) is 19.0. The normalized spacial score (nSPS) is 16.1. The molecule has 0 unspecified atom stereocenters. The van der Waals surface area contributed by atoms with Gasteiger partial charge < -0.3 is 0 Å². The van der Waals surface area contributed by atoms with Gasteiger partial charge in [-0.05, 0) is 36.8 Å². The third-order valence-electron chi connectivity index (χ3n) is 11.9.